The van der Waals surface area contributed by atoms with Gasteiger partial charge in [0.1, 0.15) is 0 Å². The van der Waals surface area contributed by atoms with Crippen molar-refractivity contribution in [1.29, 1.82) is 0 Å². The lowest BCUT2D eigenvalue weighted by molar-refractivity contribution is -0.138. The minimum Gasteiger partial charge on any atom is -0.481 e. The lowest BCUT2D eigenvalue weighted by Crippen LogP contribution is -2.43. The summed E-state index contributed by atoms with van der Waals surface area (Å²) in [4.78, 5) is 25.9. The van der Waals surface area contributed by atoms with Crippen molar-refractivity contribution in [1.82, 2.24) is 4.90 Å². The number of carbonyl (C=O) groups excluding carboxylic acids is 1. The third kappa shape index (κ3) is 4.09. The van der Waals surface area contributed by atoms with E-state index in [1.165, 1.54) is 0 Å². The fourth-order valence-electron chi connectivity index (χ4n) is 3.38. The Morgan fingerprint density at radius 1 is 1.23 bits per heavy atom. The Morgan fingerprint density at radius 2 is 1.95 bits per heavy atom. The van der Waals surface area contributed by atoms with Gasteiger partial charge in [0.15, 0.2) is 0 Å². The van der Waals surface area contributed by atoms with Crippen molar-refractivity contribution in [3.05, 3.63) is 35.9 Å². The van der Waals surface area contributed by atoms with Crippen LogP contribution in [0.4, 0.5) is 0 Å². The summed E-state index contributed by atoms with van der Waals surface area (Å²) in [6.07, 6.45) is 4.97. The second-order valence-electron chi connectivity index (χ2n) is 6.07. The molecule has 0 radical (unpaired) electrons. The molecule has 1 N–H and O–H groups in total. The van der Waals surface area contributed by atoms with Gasteiger partial charge in [-0.2, -0.15) is 0 Å². The predicted molar refractivity (Wildman–Crippen MR) is 85.8 cm³/mol. The van der Waals surface area contributed by atoms with Crippen LogP contribution in [0.2, 0.25) is 0 Å². The van der Waals surface area contributed by atoms with E-state index in [0.717, 1.165) is 32.1 Å². The van der Waals surface area contributed by atoms with Gasteiger partial charge in [0.25, 0.3) is 5.91 Å². The average molecular weight is 303 g/mol. The van der Waals surface area contributed by atoms with Crippen LogP contribution in [-0.2, 0) is 4.79 Å². The molecular formula is C18H25NO3. The molecule has 0 aliphatic heterocycles. The second kappa shape index (κ2) is 7.97. The molecule has 2 rings (SSSR count). The molecule has 0 unspecified atom stereocenters. The first-order valence-electron chi connectivity index (χ1n) is 8.21. The van der Waals surface area contributed by atoms with Crippen molar-refractivity contribution in [2.24, 2.45) is 5.92 Å². The van der Waals surface area contributed by atoms with Crippen molar-refractivity contribution >= 4 is 11.9 Å². The van der Waals surface area contributed by atoms with Crippen LogP contribution in [0.5, 0.6) is 0 Å². The number of unbranched alkanes of at least 4 members (excludes halogenated alkanes) is 1. The third-order valence-electron chi connectivity index (χ3n) is 4.49. The van der Waals surface area contributed by atoms with E-state index in [4.69, 9.17) is 5.11 Å². The maximum Gasteiger partial charge on any atom is 0.303 e. The molecule has 0 aromatic heterocycles. The van der Waals surface area contributed by atoms with Crippen LogP contribution in [0.1, 0.15) is 55.8 Å². The maximum atomic E-state index is 12.8. The highest BCUT2D eigenvalue weighted by molar-refractivity contribution is 5.94. The molecule has 1 aliphatic carbocycles. The molecule has 22 heavy (non-hydrogen) atoms. The molecule has 0 heterocycles. The zero-order valence-electron chi connectivity index (χ0n) is 13.2. The first kappa shape index (κ1) is 16.5. The number of benzene rings is 1. The van der Waals surface area contributed by atoms with Crippen LogP contribution in [0.25, 0.3) is 0 Å². The van der Waals surface area contributed by atoms with E-state index in [0.29, 0.717) is 12.1 Å². The molecule has 1 amide bonds. The lowest BCUT2D eigenvalue weighted by Gasteiger charge is -2.33. The zero-order chi connectivity index (χ0) is 15.9. The Balaban J connectivity index is 2.17. The smallest absolute Gasteiger partial charge is 0.303 e. The number of carbonyl (C=O) groups is 2. The van der Waals surface area contributed by atoms with E-state index >= 15 is 0 Å². The second-order valence-corrected chi connectivity index (χ2v) is 6.07. The number of amides is 1. The minimum absolute atomic E-state index is 0.0383. The van der Waals surface area contributed by atoms with Crippen LogP contribution in [0.15, 0.2) is 30.3 Å². The largest absolute Gasteiger partial charge is 0.481 e. The van der Waals surface area contributed by atoms with Gasteiger partial charge in [0, 0.05) is 18.2 Å². The summed E-state index contributed by atoms with van der Waals surface area (Å²) in [5.74, 6) is -0.641. The minimum atomic E-state index is -0.764. The fraction of sp³-hybridized carbons (Fsp3) is 0.556. The molecule has 1 aliphatic rings. The quantitative estimate of drug-likeness (QED) is 0.837. The van der Waals surface area contributed by atoms with Gasteiger partial charge >= 0.3 is 5.97 Å². The van der Waals surface area contributed by atoms with Gasteiger partial charge < -0.3 is 10.0 Å². The van der Waals surface area contributed by atoms with Crippen LogP contribution < -0.4 is 0 Å². The molecule has 2 atom stereocenters. The summed E-state index contributed by atoms with van der Waals surface area (Å²) >= 11 is 0. The van der Waals surface area contributed by atoms with Crippen molar-refractivity contribution in [2.45, 2.75) is 51.5 Å². The van der Waals surface area contributed by atoms with E-state index in [2.05, 4.69) is 6.92 Å². The first-order chi connectivity index (χ1) is 10.6. The van der Waals surface area contributed by atoms with Gasteiger partial charge in [-0.05, 0) is 37.3 Å². The molecule has 0 spiro atoms. The van der Waals surface area contributed by atoms with E-state index in [-0.39, 0.29) is 24.3 Å². The molecule has 1 saturated carbocycles. The Kier molecular flexibility index (Phi) is 5.99. The van der Waals surface area contributed by atoms with Gasteiger partial charge in [-0.15, -0.1) is 0 Å². The third-order valence-corrected chi connectivity index (χ3v) is 4.49. The van der Waals surface area contributed by atoms with E-state index < -0.39 is 5.97 Å². The Bertz CT molecular complexity index is 500. The standard InChI is InChI=1S/C18H25NO3/c1-2-3-12-19(18(22)14-8-5-4-6-9-14)16-11-7-10-15(16)13-17(20)21/h4-6,8-9,15-16H,2-3,7,10-13H2,1H3,(H,20,21)/t15-,16+/m1/s1. The summed E-state index contributed by atoms with van der Waals surface area (Å²) in [7, 11) is 0. The molecule has 4 nitrogen and oxygen atoms in total. The number of rotatable bonds is 7. The highest BCUT2D eigenvalue weighted by atomic mass is 16.4. The zero-order valence-corrected chi connectivity index (χ0v) is 13.2. The van der Waals surface area contributed by atoms with Gasteiger partial charge in [-0.1, -0.05) is 38.0 Å². The first-order valence-corrected chi connectivity index (χ1v) is 8.21. The van der Waals surface area contributed by atoms with E-state index in [1.807, 2.05) is 35.2 Å². The molecular weight excluding hydrogens is 278 g/mol. The Hall–Kier alpha value is -1.84. The highest BCUT2D eigenvalue weighted by Gasteiger charge is 2.35. The summed E-state index contributed by atoms with van der Waals surface area (Å²) < 4.78 is 0. The molecule has 1 aromatic rings. The number of carboxylic acids is 1. The summed E-state index contributed by atoms with van der Waals surface area (Å²) in [5, 5.41) is 9.10. The fourth-order valence-corrected chi connectivity index (χ4v) is 3.38. The predicted octanol–water partition coefficient (Wildman–Crippen LogP) is 3.57. The molecule has 120 valence electrons. The summed E-state index contributed by atoms with van der Waals surface area (Å²) in [5.41, 5.74) is 0.694. The number of aliphatic carboxylic acids is 1. The normalized spacial score (nSPS) is 20.8. The molecule has 0 bridgehead atoms. The van der Waals surface area contributed by atoms with E-state index in [1.54, 1.807) is 0 Å². The van der Waals surface area contributed by atoms with Gasteiger partial charge in [-0.3, -0.25) is 9.59 Å². The molecule has 1 fully saturated rings. The summed E-state index contributed by atoms with van der Waals surface area (Å²) in [6.45, 7) is 2.82. The van der Waals surface area contributed by atoms with Crippen LogP contribution in [0, 0.1) is 5.92 Å². The van der Waals surface area contributed by atoms with Gasteiger partial charge in [-0.25, -0.2) is 0 Å². The SMILES string of the molecule is CCCCN(C(=O)c1ccccc1)[C@H]1CCC[C@@H]1CC(=O)O. The number of hydrogen-bond donors (Lipinski definition) is 1. The van der Waals surface area contributed by atoms with Crippen molar-refractivity contribution in [3.8, 4) is 0 Å². The van der Waals surface area contributed by atoms with Gasteiger partial charge in [0.2, 0.25) is 0 Å². The molecule has 0 saturated heterocycles. The average Bonchev–Trinajstić information content (AvgIpc) is 2.95. The monoisotopic (exact) mass is 303 g/mol. The Labute approximate surface area is 132 Å². The van der Waals surface area contributed by atoms with Crippen molar-refractivity contribution in [2.75, 3.05) is 6.54 Å². The molecule has 4 heteroatoms. The van der Waals surface area contributed by atoms with E-state index in [9.17, 15) is 9.59 Å². The van der Waals surface area contributed by atoms with Crippen molar-refractivity contribution < 1.29 is 14.7 Å². The molecule has 1 aromatic carbocycles. The Morgan fingerprint density at radius 3 is 2.59 bits per heavy atom. The lowest BCUT2D eigenvalue weighted by atomic mass is 9.97. The highest BCUT2D eigenvalue weighted by Crippen LogP contribution is 2.33. The maximum absolute atomic E-state index is 12.8. The topological polar surface area (TPSA) is 57.6 Å². The number of nitrogens with zero attached hydrogens (tertiary/aromatic N) is 1. The number of carboxylic acid groups (broad SMARTS) is 1. The number of hydrogen-bond acceptors (Lipinski definition) is 2. The van der Waals surface area contributed by atoms with Crippen LogP contribution in [-0.4, -0.2) is 34.5 Å². The van der Waals surface area contributed by atoms with Crippen LogP contribution >= 0.6 is 0 Å². The van der Waals surface area contributed by atoms with Gasteiger partial charge in [0.05, 0.1) is 6.42 Å². The van der Waals surface area contributed by atoms with Crippen molar-refractivity contribution in [3.63, 3.8) is 0 Å². The summed E-state index contributed by atoms with van der Waals surface area (Å²) in [6, 6.07) is 9.37. The van der Waals surface area contributed by atoms with Crippen LogP contribution in [0.3, 0.4) is 0 Å².